The zero-order valence-electron chi connectivity index (χ0n) is 12.7. The van der Waals surface area contributed by atoms with Gasteiger partial charge in [-0.1, -0.05) is 24.3 Å². The number of carbonyl (C=O) groups is 1. The summed E-state index contributed by atoms with van der Waals surface area (Å²) in [6.07, 6.45) is 0. The van der Waals surface area contributed by atoms with Crippen molar-refractivity contribution in [2.45, 2.75) is 30.9 Å². The van der Waals surface area contributed by atoms with Gasteiger partial charge < -0.3 is 10.0 Å². The normalized spacial score (nSPS) is 12.3. The third-order valence-electron chi connectivity index (χ3n) is 3.59. The number of phenols is 1. The number of carbonyl (C=O) groups excluding carboxylic acids is 1. The van der Waals surface area contributed by atoms with Crippen LogP contribution in [0.4, 0.5) is 0 Å². The van der Waals surface area contributed by atoms with Crippen LogP contribution in [0.2, 0.25) is 0 Å². The van der Waals surface area contributed by atoms with Crippen molar-refractivity contribution in [1.29, 1.82) is 0 Å². The molecule has 1 amide bonds. The van der Waals surface area contributed by atoms with Crippen molar-refractivity contribution < 1.29 is 9.90 Å². The predicted octanol–water partition coefficient (Wildman–Crippen LogP) is 3.89. The predicted molar refractivity (Wildman–Crippen MR) is 88.9 cm³/mol. The van der Waals surface area contributed by atoms with Gasteiger partial charge in [0.1, 0.15) is 5.75 Å². The van der Waals surface area contributed by atoms with E-state index in [1.165, 1.54) is 0 Å². The molecule has 112 valence electrons. The van der Waals surface area contributed by atoms with Crippen LogP contribution in [0.3, 0.4) is 0 Å². The molecule has 0 aromatic heterocycles. The van der Waals surface area contributed by atoms with Crippen LogP contribution >= 0.6 is 11.8 Å². The number of hydrogen-bond donors (Lipinski definition) is 1. The zero-order chi connectivity index (χ0) is 15.4. The summed E-state index contributed by atoms with van der Waals surface area (Å²) in [5, 5.41) is 11.6. The number of thioether (sulfide) groups is 1. The summed E-state index contributed by atoms with van der Waals surface area (Å²) in [7, 11) is 0. The van der Waals surface area contributed by atoms with Gasteiger partial charge in [-0.3, -0.25) is 4.79 Å². The van der Waals surface area contributed by atoms with E-state index >= 15 is 0 Å². The van der Waals surface area contributed by atoms with Gasteiger partial charge in [-0.2, -0.15) is 0 Å². The second kappa shape index (κ2) is 6.85. The van der Waals surface area contributed by atoms with Crippen molar-refractivity contribution in [3.8, 4) is 5.75 Å². The summed E-state index contributed by atoms with van der Waals surface area (Å²) in [5.74, 6) is 0.430. The van der Waals surface area contributed by atoms with Crippen molar-refractivity contribution >= 4 is 28.4 Å². The summed E-state index contributed by atoms with van der Waals surface area (Å²) in [6.45, 7) is 7.39. The van der Waals surface area contributed by atoms with Gasteiger partial charge in [0.15, 0.2) is 0 Å². The van der Waals surface area contributed by atoms with Crippen molar-refractivity contribution in [2.75, 3.05) is 13.1 Å². The molecule has 0 saturated heterocycles. The Morgan fingerprint density at radius 1 is 1.14 bits per heavy atom. The quantitative estimate of drug-likeness (QED) is 0.852. The molecule has 2 aromatic carbocycles. The second-order valence-corrected chi connectivity index (χ2v) is 6.28. The number of nitrogens with zero attached hydrogens (tertiary/aromatic N) is 1. The first-order chi connectivity index (χ1) is 10.1. The molecule has 0 fully saturated rings. The Morgan fingerprint density at radius 3 is 2.38 bits per heavy atom. The number of phenolic OH excluding ortho intramolecular Hbond substituents is 1. The number of hydrogen-bond acceptors (Lipinski definition) is 3. The SMILES string of the molecule is CCN(CC)C(=O)C(C)Sc1ccc(O)c2ccccc12. The van der Waals surface area contributed by atoms with Crippen molar-refractivity contribution in [3.63, 3.8) is 0 Å². The Labute approximate surface area is 130 Å². The first kappa shape index (κ1) is 15.7. The van der Waals surface area contributed by atoms with E-state index in [0.717, 1.165) is 28.8 Å². The molecule has 1 atom stereocenters. The second-order valence-electron chi connectivity index (χ2n) is 4.90. The highest BCUT2D eigenvalue weighted by molar-refractivity contribution is 8.00. The molecule has 0 aliphatic rings. The van der Waals surface area contributed by atoms with E-state index in [4.69, 9.17) is 0 Å². The summed E-state index contributed by atoms with van der Waals surface area (Å²) in [6, 6.07) is 11.3. The van der Waals surface area contributed by atoms with E-state index in [9.17, 15) is 9.90 Å². The Balaban J connectivity index is 2.28. The summed E-state index contributed by atoms with van der Waals surface area (Å²) < 4.78 is 0. The van der Waals surface area contributed by atoms with Crippen LogP contribution < -0.4 is 0 Å². The number of amides is 1. The molecule has 0 bridgehead atoms. The lowest BCUT2D eigenvalue weighted by atomic mass is 10.1. The largest absolute Gasteiger partial charge is 0.507 e. The zero-order valence-corrected chi connectivity index (χ0v) is 13.5. The molecule has 21 heavy (non-hydrogen) atoms. The maximum atomic E-state index is 12.4. The Morgan fingerprint density at radius 2 is 1.76 bits per heavy atom. The molecule has 0 heterocycles. The maximum absolute atomic E-state index is 12.4. The number of benzene rings is 2. The van der Waals surface area contributed by atoms with E-state index in [1.807, 2.05) is 56.0 Å². The minimum absolute atomic E-state index is 0.141. The first-order valence-electron chi connectivity index (χ1n) is 7.24. The minimum atomic E-state index is -0.141. The fourth-order valence-corrected chi connectivity index (χ4v) is 3.47. The third kappa shape index (κ3) is 3.32. The lowest BCUT2D eigenvalue weighted by Crippen LogP contribution is -2.36. The molecule has 4 heteroatoms. The van der Waals surface area contributed by atoms with Gasteiger partial charge in [0.05, 0.1) is 5.25 Å². The minimum Gasteiger partial charge on any atom is -0.507 e. The summed E-state index contributed by atoms with van der Waals surface area (Å²) in [5.41, 5.74) is 0. The Kier molecular flexibility index (Phi) is 5.12. The molecular formula is C17H21NO2S. The highest BCUT2D eigenvalue weighted by Crippen LogP contribution is 2.35. The standard InChI is InChI=1S/C17H21NO2S/c1-4-18(5-2)17(20)12(3)21-16-11-10-15(19)13-8-6-7-9-14(13)16/h6-12,19H,4-5H2,1-3H3. The molecule has 0 radical (unpaired) electrons. The molecule has 1 N–H and O–H groups in total. The third-order valence-corrected chi connectivity index (χ3v) is 4.75. The average molecular weight is 303 g/mol. The van der Waals surface area contributed by atoms with Crippen molar-refractivity contribution in [2.24, 2.45) is 0 Å². The van der Waals surface area contributed by atoms with Crippen LogP contribution in [0.1, 0.15) is 20.8 Å². The van der Waals surface area contributed by atoms with Crippen molar-refractivity contribution in [1.82, 2.24) is 4.90 Å². The van der Waals surface area contributed by atoms with Gasteiger partial charge in [0, 0.05) is 23.4 Å². The van der Waals surface area contributed by atoms with Gasteiger partial charge in [-0.05, 0) is 38.3 Å². The molecule has 0 aliphatic heterocycles. The van der Waals surface area contributed by atoms with E-state index in [0.29, 0.717) is 0 Å². The van der Waals surface area contributed by atoms with Crippen LogP contribution in [0.15, 0.2) is 41.3 Å². The highest BCUT2D eigenvalue weighted by Gasteiger charge is 2.20. The van der Waals surface area contributed by atoms with Crippen LogP contribution in [-0.2, 0) is 4.79 Å². The molecule has 0 aliphatic carbocycles. The van der Waals surface area contributed by atoms with E-state index in [1.54, 1.807) is 17.8 Å². The van der Waals surface area contributed by atoms with Gasteiger partial charge >= 0.3 is 0 Å². The van der Waals surface area contributed by atoms with E-state index < -0.39 is 0 Å². The van der Waals surface area contributed by atoms with Gasteiger partial charge in [0.25, 0.3) is 0 Å². The number of aromatic hydroxyl groups is 1. The van der Waals surface area contributed by atoms with Gasteiger partial charge in [-0.25, -0.2) is 0 Å². The van der Waals surface area contributed by atoms with Crippen LogP contribution in [0.5, 0.6) is 5.75 Å². The summed E-state index contributed by atoms with van der Waals surface area (Å²) in [4.78, 5) is 15.2. The lowest BCUT2D eigenvalue weighted by Gasteiger charge is -2.22. The smallest absolute Gasteiger partial charge is 0.235 e. The maximum Gasteiger partial charge on any atom is 0.235 e. The molecule has 1 unspecified atom stereocenters. The lowest BCUT2D eigenvalue weighted by molar-refractivity contribution is -0.129. The van der Waals surface area contributed by atoms with Gasteiger partial charge in [-0.15, -0.1) is 11.8 Å². The monoisotopic (exact) mass is 303 g/mol. The summed E-state index contributed by atoms with van der Waals surface area (Å²) >= 11 is 1.55. The van der Waals surface area contributed by atoms with Crippen molar-refractivity contribution in [3.05, 3.63) is 36.4 Å². The molecule has 0 saturated carbocycles. The molecule has 2 rings (SSSR count). The average Bonchev–Trinajstić information content (AvgIpc) is 2.51. The highest BCUT2D eigenvalue weighted by atomic mass is 32.2. The van der Waals surface area contributed by atoms with Crippen LogP contribution in [-0.4, -0.2) is 34.3 Å². The van der Waals surface area contributed by atoms with E-state index in [2.05, 4.69) is 0 Å². The molecule has 3 nitrogen and oxygen atoms in total. The number of rotatable bonds is 5. The van der Waals surface area contributed by atoms with Gasteiger partial charge in [0.2, 0.25) is 5.91 Å². The Bertz CT molecular complexity index is 638. The fourth-order valence-electron chi connectivity index (χ4n) is 2.39. The van der Waals surface area contributed by atoms with E-state index in [-0.39, 0.29) is 16.9 Å². The molecule has 0 spiro atoms. The topological polar surface area (TPSA) is 40.5 Å². The molecule has 2 aromatic rings. The Hall–Kier alpha value is -1.68. The van der Waals surface area contributed by atoms with Crippen LogP contribution in [0, 0.1) is 0 Å². The van der Waals surface area contributed by atoms with Crippen LogP contribution in [0.25, 0.3) is 10.8 Å². The fraction of sp³-hybridized carbons (Fsp3) is 0.353. The molecular weight excluding hydrogens is 282 g/mol. The number of fused-ring (bicyclic) bond motifs is 1. The first-order valence-corrected chi connectivity index (χ1v) is 8.12.